The Morgan fingerprint density at radius 2 is 1.27 bits per heavy atom. The first-order valence-corrected chi connectivity index (χ1v) is 10.0. The van der Waals surface area contributed by atoms with Crippen molar-refractivity contribution in [2.24, 2.45) is 34.5 Å². The molecule has 0 aliphatic carbocycles. The minimum absolute atomic E-state index is 0.444. The molecule has 0 fully saturated rings. The highest BCUT2D eigenvalue weighted by Crippen LogP contribution is 2.42. The summed E-state index contributed by atoms with van der Waals surface area (Å²) in [6.07, 6.45) is 8.21. The van der Waals surface area contributed by atoms with Crippen molar-refractivity contribution < 1.29 is 0 Å². The molecule has 3 atom stereocenters. The van der Waals surface area contributed by atoms with Gasteiger partial charge in [0.25, 0.3) is 0 Å². The fourth-order valence-corrected chi connectivity index (χ4v) is 4.61. The number of hydrogen-bond acceptors (Lipinski definition) is 0. The fourth-order valence-electron chi connectivity index (χ4n) is 4.61. The van der Waals surface area contributed by atoms with Crippen LogP contribution in [0, 0.1) is 34.5 Å². The van der Waals surface area contributed by atoms with E-state index in [9.17, 15) is 0 Å². The van der Waals surface area contributed by atoms with Crippen LogP contribution < -0.4 is 0 Å². The molecule has 0 aromatic carbocycles. The maximum Gasteiger partial charge on any atom is -0.0303 e. The van der Waals surface area contributed by atoms with E-state index in [1.807, 2.05) is 0 Å². The minimum atomic E-state index is 0.444. The Kier molecular flexibility index (Phi) is 9.33. The summed E-state index contributed by atoms with van der Waals surface area (Å²) in [7, 11) is 0. The highest BCUT2D eigenvalue weighted by molar-refractivity contribution is 4.82. The first kappa shape index (κ1) is 22.0. The predicted molar refractivity (Wildman–Crippen MR) is 103 cm³/mol. The van der Waals surface area contributed by atoms with Crippen LogP contribution in [0.25, 0.3) is 0 Å². The van der Waals surface area contributed by atoms with Crippen LogP contribution >= 0.6 is 0 Å². The van der Waals surface area contributed by atoms with Gasteiger partial charge in [0.1, 0.15) is 0 Å². The van der Waals surface area contributed by atoms with E-state index in [-0.39, 0.29) is 0 Å². The quantitative estimate of drug-likeness (QED) is 0.384. The molecule has 0 aromatic rings. The van der Waals surface area contributed by atoms with E-state index in [1.165, 1.54) is 38.5 Å². The Bertz CT molecular complexity index is 277. The predicted octanol–water partition coefficient (Wildman–Crippen LogP) is 7.96. The summed E-state index contributed by atoms with van der Waals surface area (Å²) >= 11 is 0. The second-order valence-electron chi connectivity index (χ2n) is 9.60. The molecule has 134 valence electrons. The van der Waals surface area contributed by atoms with Crippen LogP contribution in [0.5, 0.6) is 0 Å². The van der Waals surface area contributed by atoms with Crippen molar-refractivity contribution in [1.29, 1.82) is 0 Å². The topological polar surface area (TPSA) is 0 Å². The SMILES string of the molecule is CCC(CC(C)CCC(C(C)C)C(C)(C)C)C(C)(CC)CC. The Labute approximate surface area is 142 Å². The maximum atomic E-state index is 2.51. The van der Waals surface area contributed by atoms with Gasteiger partial charge in [0, 0.05) is 0 Å². The lowest BCUT2D eigenvalue weighted by molar-refractivity contribution is 0.120. The van der Waals surface area contributed by atoms with Gasteiger partial charge in [-0.15, -0.1) is 0 Å². The van der Waals surface area contributed by atoms with Gasteiger partial charge in [-0.1, -0.05) is 94.9 Å². The molecule has 0 heteroatoms. The third-order valence-electron chi connectivity index (χ3n) is 6.67. The second kappa shape index (κ2) is 9.33. The monoisotopic (exact) mass is 310 g/mol. The van der Waals surface area contributed by atoms with Crippen LogP contribution in [0.3, 0.4) is 0 Å². The van der Waals surface area contributed by atoms with Crippen molar-refractivity contribution in [3.8, 4) is 0 Å². The van der Waals surface area contributed by atoms with Crippen molar-refractivity contribution in [2.45, 2.75) is 108 Å². The van der Waals surface area contributed by atoms with Crippen LogP contribution in [0.4, 0.5) is 0 Å². The molecule has 0 radical (unpaired) electrons. The Morgan fingerprint density at radius 1 is 0.773 bits per heavy atom. The first-order chi connectivity index (χ1) is 10.0. The summed E-state index contributed by atoms with van der Waals surface area (Å²) in [6.45, 7) is 24.2. The van der Waals surface area contributed by atoms with Crippen LogP contribution in [0.15, 0.2) is 0 Å². The third-order valence-corrected chi connectivity index (χ3v) is 6.67. The number of hydrogen-bond donors (Lipinski definition) is 0. The molecule has 0 aliphatic heterocycles. The lowest BCUT2D eigenvalue weighted by Crippen LogP contribution is -2.28. The van der Waals surface area contributed by atoms with Gasteiger partial charge in [0.05, 0.1) is 0 Å². The minimum Gasteiger partial charge on any atom is -0.0651 e. The van der Waals surface area contributed by atoms with E-state index in [1.54, 1.807) is 0 Å². The zero-order chi connectivity index (χ0) is 17.6. The molecule has 3 unspecified atom stereocenters. The van der Waals surface area contributed by atoms with Gasteiger partial charge in [0.2, 0.25) is 0 Å². The van der Waals surface area contributed by atoms with E-state index in [0.717, 1.165) is 23.7 Å². The van der Waals surface area contributed by atoms with Crippen molar-refractivity contribution in [1.82, 2.24) is 0 Å². The molecule has 0 aromatic heterocycles. The van der Waals surface area contributed by atoms with Gasteiger partial charge in [0.15, 0.2) is 0 Å². The molecule has 0 heterocycles. The van der Waals surface area contributed by atoms with Gasteiger partial charge in [-0.2, -0.15) is 0 Å². The summed E-state index contributed by atoms with van der Waals surface area (Å²) in [5, 5.41) is 0. The third kappa shape index (κ3) is 6.63. The first-order valence-electron chi connectivity index (χ1n) is 10.0. The zero-order valence-electron chi connectivity index (χ0n) is 17.6. The lowest BCUT2D eigenvalue weighted by atomic mass is 9.67. The molecule has 0 saturated heterocycles. The van der Waals surface area contributed by atoms with E-state index in [4.69, 9.17) is 0 Å². The van der Waals surface area contributed by atoms with Crippen molar-refractivity contribution in [3.63, 3.8) is 0 Å². The molecule has 22 heavy (non-hydrogen) atoms. The highest BCUT2D eigenvalue weighted by atomic mass is 14.4. The number of rotatable bonds is 10. The van der Waals surface area contributed by atoms with Gasteiger partial charge in [-0.05, 0) is 47.3 Å². The zero-order valence-corrected chi connectivity index (χ0v) is 17.6. The van der Waals surface area contributed by atoms with E-state index < -0.39 is 0 Å². The average Bonchev–Trinajstić information content (AvgIpc) is 2.42. The molecule has 0 amide bonds. The summed E-state index contributed by atoms with van der Waals surface area (Å²) in [4.78, 5) is 0. The summed E-state index contributed by atoms with van der Waals surface area (Å²) in [5.41, 5.74) is 0.990. The van der Waals surface area contributed by atoms with Gasteiger partial charge in [-0.3, -0.25) is 0 Å². The van der Waals surface area contributed by atoms with Crippen LogP contribution in [-0.2, 0) is 0 Å². The van der Waals surface area contributed by atoms with E-state index in [0.29, 0.717) is 10.8 Å². The molecule has 0 rings (SSSR count). The Morgan fingerprint density at radius 3 is 1.59 bits per heavy atom. The van der Waals surface area contributed by atoms with Crippen LogP contribution in [0.2, 0.25) is 0 Å². The molecular formula is C22H46. The Balaban J connectivity index is 4.63. The highest BCUT2D eigenvalue weighted by Gasteiger charge is 2.31. The Hall–Kier alpha value is 0. The largest absolute Gasteiger partial charge is 0.0651 e. The van der Waals surface area contributed by atoms with E-state index >= 15 is 0 Å². The standard InChI is InChI=1S/C22H46/c1-11-19(22(10,12-2)13-3)16-18(6)14-15-20(17(4)5)21(7,8)9/h17-20H,11-16H2,1-10H3. The smallest absolute Gasteiger partial charge is 0.0303 e. The molecular weight excluding hydrogens is 264 g/mol. The summed E-state index contributed by atoms with van der Waals surface area (Å²) in [6, 6.07) is 0. The molecule has 0 spiro atoms. The van der Waals surface area contributed by atoms with Crippen molar-refractivity contribution in [2.75, 3.05) is 0 Å². The van der Waals surface area contributed by atoms with E-state index in [2.05, 4.69) is 69.2 Å². The van der Waals surface area contributed by atoms with Gasteiger partial charge in [-0.25, -0.2) is 0 Å². The van der Waals surface area contributed by atoms with Gasteiger partial charge >= 0.3 is 0 Å². The van der Waals surface area contributed by atoms with Gasteiger partial charge < -0.3 is 0 Å². The van der Waals surface area contributed by atoms with Crippen molar-refractivity contribution in [3.05, 3.63) is 0 Å². The molecule has 0 N–H and O–H groups in total. The van der Waals surface area contributed by atoms with Crippen LogP contribution in [-0.4, -0.2) is 0 Å². The molecule has 0 bridgehead atoms. The average molecular weight is 311 g/mol. The molecule has 0 nitrogen and oxygen atoms in total. The molecule has 0 saturated carbocycles. The second-order valence-corrected chi connectivity index (χ2v) is 9.60. The maximum absolute atomic E-state index is 2.51. The lowest BCUT2D eigenvalue weighted by Gasteiger charge is -2.38. The summed E-state index contributed by atoms with van der Waals surface area (Å²) in [5.74, 6) is 3.40. The van der Waals surface area contributed by atoms with Crippen LogP contribution in [0.1, 0.15) is 108 Å². The molecule has 0 aliphatic rings. The fraction of sp³-hybridized carbons (Fsp3) is 1.00. The normalized spacial score (nSPS) is 17.6. The van der Waals surface area contributed by atoms with Crippen molar-refractivity contribution >= 4 is 0 Å². The summed E-state index contributed by atoms with van der Waals surface area (Å²) < 4.78 is 0.